The summed E-state index contributed by atoms with van der Waals surface area (Å²) in [6, 6.07) is 1.75. The monoisotopic (exact) mass is 282 g/mol. The van der Waals surface area contributed by atoms with Crippen molar-refractivity contribution in [2.75, 3.05) is 26.1 Å². The van der Waals surface area contributed by atoms with Crippen molar-refractivity contribution in [1.29, 1.82) is 0 Å². The van der Waals surface area contributed by atoms with Gasteiger partial charge in [0, 0.05) is 5.56 Å². The second-order valence-corrected chi connectivity index (χ2v) is 4.28. The standard InChI is InChI=1S/C12H11ClN2O4/c1-16-10-6(7-5-15-19-12(7)14)4-8-11(9(10)13)18-3-2-17-8/h4-5H,2-3,14H2,1H3. The highest BCUT2D eigenvalue weighted by molar-refractivity contribution is 6.34. The fourth-order valence-corrected chi connectivity index (χ4v) is 2.31. The van der Waals surface area contributed by atoms with Crippen LogP contribution < -0.4 is 19.9 Å². The molecule has 19 heavy (non-hydrogen) atoms. The number of aromatic nitrogens is 1. The minimum atomic E-state index is 0.186. The molecule has 0 saturated carbocycles. The molecule has 0 saturated heterocycles. The van der Waals surface area contributed by atoms with E-state index >= 15 is 0 Å². The van der Waals surface area contributed by atoms with Crippen LogP contribution in [0.25, 0.3) is 11.1 Å². The molecule has 0 radical (unpaired) electrons. The third-order valence-corrected chi connectivity index (χ3v) is 3.17. The average molecular weight is 283 g/mol. The van der Waals surface area contributed by atoms with Crippen LogP contribution in [0.4, 0.5) is 5.88 Å². The van der Waals surface area contributed by atoms with Crippen LogP contribution in [0.5, 0.6) is 17.2 Å². The van der Waals surface area contributed by atoms with Crippen LogP contribution in [0.1, 0.15) is 0 Å². The van der Waals surface area contributed by atoms with Crippen molar-refractivity contribution in [3.05, 3.63) is 17.3 Å². The van der Waals surface area contributed by atoms with Crippen molar-refractivity contribution >= 4 is 17.5 Å². The Hall–Kier alpha value is -2.08. The van der Waals surface area contributed by atoms with Crippen molar-refractivity contribution in [2.45, 2.75) is 0 Å². The van der Waals surface area contributed by atoms with Gasteiger partial charge in [0.15, 0.2) is 11.5 Å². The number of nitrogens with two attached hydrogens (primary N) is 1. The molecule has 3 rings (SSSR count). The zero-order valence-corrected chi connectivity index (χ0v) is 10.9. The third-order valence-electron chi connectivity index (χ3n) is 2.82. The summed E-state index contributed by atoms with van der Waals surface area (Å²) < 4.78 is 21.2. The molecule has 0 aliphatic carbocycles. The van der Waals surface area contributed by atoms with Gasteiger partial charge in [-0.05, 0) is 6.07 Å². The highest BCUT2D eigenvalue weighted by Gasteiger charge is 2.25. The molecule has 100 valence electrons. The van der Waals surface area contributed by atoms with Gasteiger partial charge in [0.2, 0.25) is 5.88 Å². The zero-order chi connectivity index (χ0) is 13.4. The van der Waals surface area contributed by atoms with Crippen LogP contribution in [0.3, 0.4) is 0 Å². The van der Waals surface area contributed by atoms with Crippen LogP contribution in [-0.4, -0.2) is 25.5 Å². The number of anilines is 1. The first-order chi connectivity index (χ1) is 9.22. The maximum Gasteiger partial charge on any atom is 0.230 e. The van der Waals surface area contributed by atoms with Crippen LogP contribution in [-0.2, 0) is 0 Å². The number of hydrogen-bond donors (Lipinski definition) is 1. The third kappa shape index (κ3) is 1.84. The lowest BCUT2D eigenvalue weighted by molar-refractivity contribution is 0.171. The lowest BCUT2D eigenvalue weighted by Crippen LogP contribution is -2.16. The van der Waals surface area contributed by atoms with Crippen molar-refractivity contribution in [3.63, 3.8) is 0 Å². The summed E-state index contributed by atoms with van der Waals surface area (Å²) in [6.07, 6.45) is 1.50. The fraction of sp³-hybridized carbons (Fsp3) is 0.250. The van der Waals surface area contributed by atoms with Gasteiger partial charge < -0.3 is 24.5 Å². The van der Waals surface area contributed by atoms with E-state index in [1.165, 1.54) is 13.3 Å². The van der Waals surface area contributed by atoms with E-state index in [1.54, 1.807) is 6.07 Å². The van der Waals surface area contributed by atoms with Crippen LogP contribution >= 0.6 is 11.6 Å². The molecular formula is C12H11ClN2O4. The number of methoxy groups -OCH3 is 1. The summed E-state index contributed by atoms with van der Waals surface area (Å²) in [4.78, 5) is 0. The van der Waals surface area contributed by atoms with Gasteiger partial charge in [-0.25, -0.2) is 0 Å². The molecule has 0 spiro atoms. The number of benzene rings is 1. The van der Waals surface area contributed by atoms with E-state index < -0.39 is 0 Å². The van der Waals surface area contributed by atoms with Crippen molar-refractivity contribution < 1.29 is 18.7 Å². The molecule has 2 aromatic rings. The van der Waals surface area contributed by atoms with E-state index in [-0.39, 0.29) is 5.88 Å². The van der Waals surface area contributed by atoms with E-state index in [4.69, 9.17) is 36.1 Å². The second kappa shape index (κ2) is 4.55. The summed E-state index contributed by atoms with van der Waals surface area (Å²) in [5, 5.41) is 3.99. The first kappa shape index (κ1) is 12.0. The second-order valence-electron chi connectivity index (χ2n) is 3.90. The van der Waals surface area contributed by atoms with Gasteiger partial charge >= 0.3 is 0 Å². The molecule has 0 atom stereocenters. The van der Waals surface area contributed by atoms with E-state index in [9.17, 15) is 0 Å². The number of nitrogens with zero attached hydrogens (tertiary/aromatic N) is 1. The summed E-state index contributed by atoms with van der Waals surface area (Å²) in [7, 11) is 1.52. The Morgan fingerprint density at radius 3 is 2.79 bits per heavy atom. The van der Waals surface area contributed by atoms with Gasteiger partial charge in [0.25, 0.3) is 0 Å². The molecular weight excluding hydrogens is 272 g/mol. The Morgan fingerprint density at radius 2 is 2.11 bits per heavy atom. The maximum absolute atomic E-state index is 6.28. The summed E-state index contributed by atoms with van der Waals surface area (Å²) in [5.74, 6) is 1.66. The summed E-state index contributed by atoms with van der Waals surface area (Å²) >= 11 is 6.28. The van der Waals surface area contributed by atoms with Gasteiger partial charge in [-0.15, -0.1) is 0 Å². The number of hydrogen-bond acceptors (Lipinski definition) is 6. The first-order valence-electron chi connectivity index (χ1n) is 5.59. The minimum absolute atomic E-state index is 0.186. The molecule has 2 N–H and O–H groups in total. The number of fused-ring (bicyclic) bond motifs is 1. The average Bonchev–Trinajstić information content (AvgIpc) is 2.85. The molecule has 7 heteroatoms. The van der Waals surface area contributed by atoms with E-state index in [0.29, 0.717) is 46.6 Å². The molecule has 1 aromatic carbocycles. The van der Waals surface area contributed by atoms with Crippen LogP contribution in [0, 0.1) is 0 Å². The largest absolute Gasteiger partial charge is 0.494 e. The van der Waals surface area contributed by atoms with Gasteiger partial charge in [-0.3, -0.25) is 0 Å². The number of ether oxygens (including phenoxy) is 3. The van der Waals surface area contributed by atoms with Crippen molar-refractivity contribution in [1.82, 2.24) is 5.16 Å². The normalized spacial score (nSPS) is 13.4. The number of nitrogen functional groups attached to an aromatic ring is 1. The molecule has 1 aliphatic rings. The first-order valence-corrected chi connectivity index (χ1v) is 5.96. The number of rotatable bonds is 2. The smallest absolute Gasteiger partial charge is 0.230 e. The van der Waals surface area contributed by atoms with Crippen molar-refractivity contribution in [3.8, 4) is 28.4 Å². The predicted molar refractivity (Wildman–Crippen MR) is 68.9 cm³/mol. The highest BCUT2D eigenvalue weighted by atomic mass is 35.5. The van der Waals surface area contributed by atoms with E-state index in [0.717, 1.165) is 0 Å². The van der Waals surface area contributed by atoms with Crippen molar-refractivity contribution in [2.24, 2.45) is 0 Å². The lowest BCUT2D eigenvalue weighted by Gasteiger charge is -2.22. The Balaban J connectivity index is 2.24. The maximum atomic E-state index is 6.28. The Morgan fingerprint density at radius 1 is 1.32 bits per heavy atom. The molecule has 6 nitrogen and oxygen atoms in total. The molecule has 1 aromatic heterocycles. The molecule has 1 aliphatic heterocycles. The van der Waals surface area contributed by atoms with Crippen LogP contribution in [0.2, 0.25) is 5.02 Å². The fourth-order valence-electron chi connectivity index (χ4n) is 1.98. The Labute approximate surface area is 114 Å². The van der Waals surface area contributed by atoms with E-state index in [1.807, 2.05) is 0 Å². The Bertz CT molecular complexity index is 626. The minimum Gasteiger partial charge on any atom is -0.494 e. The molecule has 0 bridgehead atoms. The lowest BCUT2D eigenvalue weighted by atomic mass is 10.1. The van der Waals surface area contributed by atoms with Crippen LogP contribution in [0.15, 0.2) is 16.8 Å². The summed E-state index contributed by atoms with van der Waals surface area (Å²) in [6.45, 7) is 0.916. The zero-order valence-electron chi connectivity index (χ0n) is 10.1. The number of halogens is 1. The Kier molecular flexibility index (Phi) is 2.87. The summed E-state index contributed by atoms with van der Waals surface area (Å²) in [5.41, 5.74) is 6.96. The highest BCUT2D eigenvalue weighted by Crippen LogP contribution is 2.49. The predicted octanol–water partition coefficient (Wildman–Crippen LogP) is 2.36. The van der Waals surface area contributed by atoms with Gasteiger partial charge in [0.05, 0.1) is 18.9 Å². The molecule has 2 heterocycles. The SMILES string of the molecule is COc1c(-c2cnoc2N)cc2c(c1Cl)OCCO2. The quantitative estimate of drug-likeness (QED) is 0.911. The van der Waals surface area contributed by atoms with E-state index in [2.05, 4.69) is 5.16 Å². The van der Waals surface area contributed by atoms with Gasteiger partial charge in [-0.2, -0.15) is 0 Å². The molecule has 0 fully saturated rings. The molecule has 0 unspecified atom stereocenters. The van der Waals surface area contributed by atoms with Gasteiger partial charge in [-0.1, -0.05) is 16.8 Å². The van der Waals surface area contributed by atoms with Gasteiger partial charge in [0.1, 0.15) is 24.0 Å². The topological polar surface area (TPSA) is 79.7 Å². The molecule has 0 amide bonds.